The summed E-state index contributed by atoms with van der Waals surface area (Å²) in [7, 11) is 0. The van der Waals surface area contributed by atoms with Crippen LogP contribution in [-0.2, 0) is 11.2 Å². The van der Waals surface area contributed by atoms with Gasteiger partial charge in [-0.05, 0) is 19.1 Å². The van der Waals surface area contributed by atoms with Gasteiger partial charge in [0.15, 0.2) is 0 Å². The Bertz CT molecular complexity index is 415. The number of hydrogen-bond donors (Lipinski definition) is 0. The monoisotopic (exact) mass is 221 g/mol. The minimum Gasteiger partial charge on any atom is -0.300 e. The van der Waals surface area contributed by atoms with Gasteiger partial charge < -0.3 is 0 Å². The lowest BCUT2D eigenvalue weighted by Gasteiger charge is -1.85. The number of Topliss-reactive ketones (excluding diaryl/α,β-unsaturated/α-hetero) is 1. The summed E-state index contributed by atoms with van der Waals surface area (Å²) in [4.78, 5) is 15.2. The van der Waals surface area contributed by atoms with Crippen molar-refractivity contribution in [3.63, 3.8) is 0 Å². The minimum absolute atomic E-state index is 0.166. The van der Waals surface area contributed by atoms with E-state index in [-0.39, 0.29) is 5.78 Å². The van der Waals surface area contributed by atoms with Crippen molar-refractivity contribution in [1.82, 2.24) is 4.98 Å². The largest absolute Gasteiger partial charge is 0.300 e. The fourth-order valence-electron chi connectivity index (χ4n) is 1.21. The van der Waals surface area contributed by atoms with Crippen LogP contribution < -0.4 is 0 Å². The predicted molar refractivity (Wildman–Crippen MR) is 65.4 cm³/mol. The number of ketones is 1. The Kier molecular flexibility index (Phi) is 4.43. The van der Waals surface area contributed by atoms with E-state index in [1.165, 1.54) is 0 Å². The van der Waals surface area contributed by atoms with Crippen molar-refractivity contribution >= 4 is 27.3 Å². The van der Waals surface area contributed by atoms with Crippen molar-refractivity contribution in [2.75, 3.05) is 0 Å². The fourth-order valence-corrected chi connectivity index (χ4v) is 2.25. The van der Waals surface area contributed by atoms with Crippen LogP contribution in [0.4, 0.5) is 0 Å². The van der Waals surface area contributed by atoms with Gasteiger partial charge in [-0.1, -0.05) is 26.0 Å². The average molecular weight is 221 g/mol. The summed E-state index contributed by atoms with van der Waals surface area (Å²) in [5.74, 6) is 0.166. The molecule has 3 heteroatoms. The molecule has 2 rings (SSSR count). The third-order valence-corrected chi connectivity index (χ3v) is 2.77. The van der Waals surface area contributed by atoms with Gasteiger partial charge in [0.25, 0.3) is 0 Å². The van der Waals surface area contributed by atoms with Crippen molar-refractivity contribution < 1.29 is 4.79 Å². The van der Waals surface area contributed by atoms with Gasteiger partial charge in [-0.2, -0.15) is 0 Å². The van der Waals surface area contributed by atoms with E-state index in [1.54, 1.807) is 18.3 Å². The van der Waals surface area contributed by atoms with Crippen LogP contribution in [0, 0.1) is 0 Å². The zero-order chi connectivity index (χ0) is 11.3. The molecule has 2 aromatic rings. The van der Waals surface area contributed by atoms with E-state index in [0.29, 0.717) is 6.42 Å². The number of nitrogens with zero attached hydrogens (tertiary/aromatic N) is 1. The van der Waals surface area contributed by atoms with Gasteiger partial charge in [0.1, 0.15) is 10.8 Å². The van der Waals surface area contributed by atoms with E-state index in [0.717, 1.165) is 15.2 Å². The van der Waals surface area contributed by atoms with Crippen molar-refractivity contribution in [2.45, 2.75) is 27.2 Å². The van der Waals surface area contributed by atoms with Crippen LogP contribution >= 0.6 is 11.3 Å². The molecule has 1 aromatic heterocycles. The first-order valence-electron chi connectivity index (χ1n) is 5.09. The summed E-state index contributed by atoms with van der Waals surface area (Å²) >= 11 is 1.59. The van der Waals surface area contributed by atoms with Gasteiger partial charge in [0.05, 0.1) is 16.6 Å². The molecular weight excluding hydrogens is 206 g/mol. The quantitative estimate of drug-likeness (QED) is 0.777. The molecule has 2 nitrogen and oxygen atoms in total. The molecule has 0 aliphatic heterocycles. The number of carbonyl (C=O) groups is 1. The van der Waals surface area contributed by atoms with E-state index in [4.69, 9.17) is 0 Å². The van der Waals surface area contributed by atoms with Crippen LogP contribution in [0.15, 0.2) is 24.3 Å². The van der Waals surface area contributed by atoms with E-state index < -0.39 is 0 Å². The first-order valence-corrected chi connectivity index (χ1v) is 5.91. The zero-order valence-electron chi connectivity index (χ0n) is 9.28. The smallest absolute Gasteiger partial charge is 0.136 e. The maximum absolute atomic E-state index is 10.9. The molecule has 0 bridgehead atoms. The van der Waals surface area contributed by atoms with E-state index in [2.05, 4.69) is 4.98 Å². The normalized spacial score (nSPS) is 9.53. The van der Waals surface area contributed by atoms with Gasteiger partial charge >= 0.3 is 0 Å². The number of rotatable bonds is 2. The predicted octanol–water partition coefficient (Wildman–Crippen LogP) is 3.45. The van der Waals surface area contributed by atoms with Crippen molar-refractivity contribution in [3.8, 4) is 0 Å². The van der Waals surface area contributed by atoms with Crippen LogP contribution in [0.2, 0.25) is 0 Å². The Morgan fingerprint density at radius 1 is 1.33 bits per heavy atom. The van der Waals surface area contributed by atoms with Crippen LogP contribution in [0.1, 0.15) is 25.8 Å². The number of thiazole rings is 1. The number of para-hydroxylation sites is 1. The molecule has 0 aliphatic rings. The molecule has 0 atom stereocenters. The lowest BCUT2D eigenvalue weighted by Crippen LogP contribution is -1.94. The van der Waals surface area contributed by atoms with Gasteiger partial charge in [-0.3, -0.25) is 4.79 Å². The maximum Gasteiger partial charge on any atom is 0.136 e. The van der Waals surface area contributed by atoms with Crippen LogP contribution in [-0.4, -0.2) is 10.8 Å². The molecule has 1 aromatic carbocycles. The molecule has 0 saturated heterocycles. The average Bonchev–Trinajstić information content (AvgIpc) is 2.61. The zero-order valence-corrected chi connectivity index (χ0v) is 10.1. The maximum atomic E-state index is 10.9. The summed E-state index contributed by atoms with van der Waals surface area (Å²) in [6, 6.07) is 7.93. The number of aromatic nitrogens is 1. The van der Waals surface area contributed by atoms with Crippen molar-refractivity contribution in [2.24, 2.45) is 0 Å². The molecule has 0 aliphatic carbocycles. The van der Waals surface area contributed by atoms with Gasteiger partial charge in [0.2, 0.25) is 0 Å². The minimum atomic E-state index is 0.166. The Hall–Kier alpha value is -1.22. The Labute approximate surface area is 94.0 Å². The summed E-state index contributed by atoms with van der Waals surface area (Å²) < 4.78 is 1.15. The molecule has 0 saturated carbocycles. The van der Waals surface area contributed by atoms with Crippen LogP contribution in [0.25, 0.3) is 10.2 Å². The van der Waals surface area contributed by atoms with Gasteiger partial charge in [-0.25, -0.2) is 4.98 Å². The molecule has 0 amide bonds. The summed E-state index contributed by atoms with van der Waals surface area (Å²) in [5, 5.41) is 0.911. The summed E-state index contributed by atoms with van der Waals surface area (Å²) in [5.41, 5.74) is 0.990. The van der Waals surface area contributed by atoms with Crippen molar-refractivity contribution in [1.29, 1.82) is 0 Å². The highest BCUT2D eigenvalue weighted by atomic mass is 32.1. The second-order valence-corrected chi connectivity index (χ2v) is 4.07. The molecule has 15 heavy (non-hydrogen) atoms. The molecular formula is C12H15NOS. The number of carbonyl (C=O) groups excluding carboxylic acids is 1. The molecule has 0 radical (unpaired) electrons. The molecule has 0 fully saturated rings. The highest BCUT2D eigenvalue weighted by molar-refractivity contribution is 7.18. The molecule has 80 valence electrons. The molecule has 0 spiro atoms. The van der Waals surface area contributed by atoms with E-state index in [9.17, 15) is 4.79 Å². The van der Waals surface area contributed by atoms with Crippen molar-refractivity contribution in [3.05, 3.63) is 29.3 Å². The number of fused-ring (bicyclic) bond motifs is 1. The second kappa shape index (κ2) is 5.61. The first kappa shape index (κ1) is 11.9. The molecule has 0 unspecified atom stereocenters. The third-order valence-electron chi connectivity index (χ3n) is 1.74. The molecule has 0 N–H and O–H groups in total. The van der Waals surface area contributed by atoms with E-state index in [1.807, 2.05) is 38.1 Å². The lowest BCUT2D eigenvalue weighted by atomic mass is 10.3. The second-order valence-electron chi connectivity index (χ2n) is 2.95. The highest BCUT2D eigenvalue weighted by Crippen LogP contribution is 2.21. The number of benzene rings is 1. The van der Waals surface area contributed by atoms with Crippen LogP contribution in [0.3, 0.4) is 0 Å². The third kappa shape index (κ3) is 3.13. The lowest BCUT2D eigenvalue weighted by molar-refractivity contribution is -0.116. The standard InChI is InChI=1S/C10H9NOS.C2H6/c1-7(12)6-10-11-8-4-2-3-5-9(8)13-10;1-2/h2-5H,6H2,1H3;1-2H3. The van der Waals surface area contributed by atoms with Gasteiger partial charge in [0, 0.05) is 0 Å². The van der Waals surface area contributed by atoms with Crippen LogP contribution in [0.5, 0.6) is 0 Å². The first-order chi connectivity index (χ1) is 7.25. The SMILES string of the molecule is CC.CC(=O)Cc1nc2ccccc2s1. The topological polar surface area (TPSA) is 30.0 Å². The van der Waals surface area contributed by atoms with Gasteiger partial charge in [-0.15, -0.1) is 11.3 Å². The Balaban J connectivity index is 0.000000531. The Morgan fingerprint density at radius 2 is 2.00 bits per heavy atom. The molecule has 1 heterocycles. The highest BCUT2D eigenvalue weighted by Gasteiger charge is 2.04. The Morgan fingerprint density at radius 3 is 2.60 bits per heavy atom. The fraction of sp³-hybridized carbons (Fsp3) is 0.333. The summed E-state index contributed by atoms with van der Waals surface area (Å²) in [6.07, 6.45) is 0.458. The van der Waals surface area contributed by atoms with E-state index >= 15 is 0 Å². The summed E-state index contributed by atoms with van der Waals surface area (Å²) in [6.45, 7) is 5.59. The number of hydrogen-bond acceptors (Lipinski definition) is 3.